The first-order valence-electron chi connectivity index (χ1n) is 7.47. The molecule has 1 heterocycles. The number of amides is 2. The molecule has 3 fully saturated rings. The molecule has 0 bridgehead atoms. The average molecular weight is 265 g/mol. The van der Waals surface area contributed by atoms with Gasteiger partial charge in [0.25, 0.3) is 0 Å². The Morgan fingerprint density at radius 3 is 2.32 bits per heavy atom. The molecule has 19 heavy (non-hydrogen) atoms. The van der Waals surface area contributed by atoms with Gasteiger partial charge < -0.3 is 16.0 Å². The van der Waals surface area contributed by atoms with Crippen molar-refractivity contribution in [2.24, 2.45) is 17.3 Å². The third kappa shape index (κ3) is 2.91. The molecule has 3 aliphatic rings. The molecule has 2 aliphatic carbocycles. The first-order valence-corrected chi connectivity index (χ1v) is 7.47. The zero-order chi connectivity index (χ0) is 13.3. The highest BCUT2D eigenvalue weighted by Gasteiger charge is 2.57. The van der Waals surface area contributed by atoms with Gasteiger partial charge in [0.1, 0.15) is 0 Å². The monoisotopic (exact) mass is 265 g/mol. The van der Waals surface area contributed by atoms with E-state index in [0.717, 1.165) is 45.2 Å². The summed E-state index contributed by atoms with van der Waals surface area (Å²) in [7, 11) is 0. The maximum atomic E-state index is 12.0. The van der Waals surface area contributed by atoms with E-state index in [9.17, 15) is 9.59 Å². The second kappa shape index (κ2) is 5.12. The van der Waals surface area contributed by atoms with Crippen LogP contribution in [0.3, 0.4) is 0 Å². The van der Waals surface area contributed by atoms with E-state index in [2.05, 4.69) is 16.0 Å². The second-order valence-corrected chi connectivity index (χ2v) is 6.23. The van der Waals surface area contributed by atoms with Crippen LogP contribution in [0.5, 0.6) is 0 Å². The Labute approximate surface area is 113 Å². The van der Waals surface area contributed by atoms with Crippen molar-refractivity contribution in [2.75, 3.05) is 26.2 Å². The lowest BCUT2D eigenvalue weighted by Crippen LogP contribution is -2.37. The van der Waals surface area contributed by atoms with E-state index < -0.39 is 0 Å². The molecular weight excluding hydrogens is 242 g/mol. The van der Waals surface area contributed by atoms with Crippen LogP contribution in [0.4, 0.5) is 0 Å². The number of rotatable bonds is 5. The minimum absolute atomic E-state index is 0.149. The van der Waals surface area contributed by atoms with Gasteiger partial charge in [-0.1, -0.05) is 0 Å². The summed E-state index contributed by atoms with van der Waals surface area (Å²) >= 11 is 0. The summed E-state index contributed by atoms with van der Waals surface area (Å²) in [6, 6.07) is 0. The number of hydrogen-bond donors (Lipinski definition) is 3. The van der Waals surface area contributed by atoms with Crippen LogP contribution in [-0.4, -0.2) is 38.0 Å². The van der Waals surface area contributed by atoms with E-state index in [1.54, 1.807) is 0 Å². The van der Waals surface area contributed by atoms with Crippen molar-refractivity contribution in [3.63, 3.8) is 0 Å². The van der Waals surface area contributed by atoms with Crippen LogP contribution in [-0.2, 0) is 9.59 Å². The summed E-state index contributed by atoms with van der Waals surface area (Å²) in [6.07, 6.45) is 5.36. The topological polar surface area (TPSA) is 70.2 Å². The number of piperidine rings is 1. The lowest BCUT2D eigenvalue weighted by atomic mass is 9.92. The van der Waals surface area contributed by atoms with Crippen LogP contribution in [0.2, 0.25) is 0 Å². The second-order valence-electron chi connectivity index (χ2n) is 6.23. The Morgan fingerprint density at radius 1 is 1.05 bits per heavy atom. The van der Waals surface area contributed by atoms with Crippen LogP contribution < -0.4 is 16.0 Å². The van der Waals surface area contributed by atoms with Crippen LogP contribution in [0.15, 0.2) is 0 Å². The maximum absolute atomic E-state index is 12.0. The summed E-state index contributed by atoms with van der Waals surface area (Å²) in [5.41, 5.74) is 0.298. The zero-order valence-corrected chi connectivity index (χ0v) is 11.3. The zero-order valence-electron chi connectivity index (χ0n) is 11.3. The van der Waals surface area contributed by atoms with Gasteiger partial charge in [-0.05, 0) is 50.6 Å². The van der Waals surface area contributed by atoms with Crippen LogP contribution >= 0.6 is 0 Å². The molecule has 1 atom stereocenters. The van der Waals surface area contributed by atoms with Crippen molar-refractivity contribution in [3.8, 4) is 0 Å². The van der Waals surface area contributed by atoms with E-state index in [-0.39, 0.29) is 23.7 Å². The molecule has 1 aliphatic heterocycles. The van der Waals surface area contributed by atoms with Gasteiger partial charge in [-0.25, -0.2) is 0 Å². The molecule has 3 rings (SSSR count). The highest BCUT2D eigenvalue weighted by molar-refractivity contribution is 5.83. The minimum atomic E-state index is 0.149. The van der Waals surface area contributed by atoms with Crippen molar-refractivity contribution in [2.45, 2.75) is 32.1 Å². The van der Waals surface area contributed by atoms with E-state index in [1.165, 1.54) is 0 Å². The van der Waals surface area contributed by atoms with Gasteiger partial charge in [0.15, 0.2) is 0 Å². The molecule has 1 unspecified atom stereocenters. The van der Waals surface area contributed by atoms with Crippen LogP contribution in [0.25, 0.3) is 0 Å². The predicted molar refractivity (Wildman–Crippen MR) is 71.4 cm³/mol. The Morgan fingerprint density at radius 2 is 1.68 bits per heavy atom. The molecule has 5 heteroatoms. The van der Waals surface area contributed by atoms with E-state index in [4.69, 9.17) is 0 Å². The highest BCUT2D eigenvalue weighted by Crippen LogP contribution is 2.58. The Kier molecular flexibility index (Phi) is 3.48. The molecule has 106 valence electrons. The molecule has 0 aromatic heterocycles. The molecule has 0 aromatic carbocycles. The molecule has 1 saturated heterocycles. The Bertz CT molecular complexity index is 373. The summed E-state index contributed by atoms with van der Waals surface area (Å²) in [4.78, 5) is 23.4. The molecule has 1 spiro atoms. The summed E-state index contributed by atoms with van der Waals surface area (Å²) in [5, 5.41) is 9.17. The fourth-order valence-electron chi connectivity index (χ4n) is 3.18. The normalized spacial score (nSPS) is 27.9. The average Bonchev–Trinajstić information content (AvgIpc) is 3.31. The van der Waals surface area contributed by atoms with Gasteiger partial charge in [0.2, 0.25) is 11.8 Å². The molecule has 0 aromatic rings. The quantitative estimate of drug-likeness (QED) is 0.614. The van der Waals surface area contributed by atoms with Gasteiger partial charge in [-0.3, -0.25) is 9.59 Å². The summed E-state index contributed by atoms with van der Waals surface area (Å²) < 4.78 is 0. The molecule has 0 radical (unpaired) electrons. The SMILES string of the molecule is O=C(NCCNC(=O)C1CC12CCNCC2)C1CC1. The van der Waals surface area contributed by atoms with Crippen LogP contribution in [0.1, 0.15) is 32.1 Å². The first kappa shape index (κ1) is 12.9. The fourth-order valence-corrected chi connectivity index (χ4v) is 3.18. The predicted octanol–water partition coefficient (Wildman–Crippen LogP) is 0.0185. The van der Waals surface area contributed by atoms with Crippen molar-refractivity contribution >= 4 is 11.8 Å². The standard InChI is InChI=1S/C14H23N3O2/c18-12(10-1-2-10)16-7-8-17-13(19)11-9-14(11)3-5-15-6-4-14/h10-11,15H,1-9H2,(H,16,18)(H,17,19). The molecular formula is C14H23N3O2. The Balaban J connectivity index is 1.32. The van der Waals surface area contributed by atoms with Crippen molar-refractivity contribution in [3.05, 3.63) is 0 Å². The summed E-state index contributed by atoms with van der Waals surface area (Å²) in [6.45, 7) is 3.20. The van der Waals surface area contributed by atoms with E-state index >= 15 is 0 Å². The van der Waals surface area contributed by atoms with Crippen molar-refractivity contribution in [1.82, 2.24) is 16.0 Å². The lowest BCUT2D eigenvalue weighted by Gasteiger charge is -2.23. The van der Waals surface area contributed by atoms with Crippen molar-refractivity contribution < 1.29 is 9.59 Å². The summed E-state index contributed by atoms with van der Waals surface area (Å²) in [5.74, 6) is 0.795. The van der Waals surface area contributed by atoms with Gasteiger partial charge >= 0.3 is 0 Å². The first-order chi connectivity index (χ1) is 9.21. The van der Waals surface area contributed by atoms with Crippen molar-refractivity contribution in [1.29, 1.82) is 0 Å². The number of hydrogen-bond acceptors (Lipinski definition) is 3. The fraction of sp³-hybridized carbons (Fsp3) is 0.857. The smallest absolute Gasteiger partial charge is 0.223 e. The molecule has 2 saturated carbocycles. The lowest BCUT2D eigenvalue weighted by molar-refractivity contribution is -0.124. The number of carbonyl (C=O) groups excluding carboxylic acids is 2. The molecule has 5 nitrogen and oxygen atoms in total. The van der Waals surface area contributed by atoms with E-state index in [0.29, 0.717) is 18.5 Å². The van der Waals surface area contributed by atoms with Crippen LogP contribution in [0, 0.1) is 17.3 Å². The number of nitrogens with one attached hydrogen (secondary N) is 3. The third-order valence-electron chi connectivity index (χ3n) is 4.78. The van der Waals surface area contributed by atoms with Gasteiger partial charge in [-0.15, -0.1) is 0 Å². The minimum Gasteiger partial charge on any atom is -0.354 e. The van der Waals surface area contributed by atoms with Gasteiger partial charge in [0.05, 0.1) is 0 Å². The number of carbonyl (C=O) groups is 2. The molecule has 3 N–H and O–H groups in total. The highest BCUT2D eigenvalue weighted by atomic mass is 16.2. The molecule has 2 amide bonds. The third-order valence-corrected chi connectivity index (χ3v) is 4.78. The largest absolute Gasteiger partial charge is 0.354 e. The van der Waals surface area contributed by atoms with Gasteiger partial charge in [-0.2, -0.15) is 0 Å². The maximum Gasteiger partial charge on any atom is 0.223 e. The van der Waals surface area contributed by atoms with E-state index in [1.807, 2.05) is 0 Å². The van der Waals surface area contributed by atoms with Gasteiger partial charge in [0, 0.05) is 24.9 Å². The Hall–Kier alpha value is -1.10.